The van der Waals surface area contributed by atoms with Crippen molar-refractivity contribution in [2.45, 2.75) is 31.8 Å². The van der Waals surface area contributed by atoms with Gasteiger partial charge in [-0.2, -0.15) is 0 Å². The maximum atomic E-state index is 14.2. The SMILES string of the molecule is CCCCC(C(=O)O)(N1C(=O)C=C(c2cccnc2-c2ccccn2)C1=O)N1C(=O)C=C(c2cccnc2-c2ccccn2)C1=O. The largest absolute Gasteiger partial charge is 0.478 e. The van der Waals surface area contributed by atoms with Gasteiger partial charge >= 0.3 is 5.97 Å². The fourth-order valence-electron chi connectivity index (χ4n) is 5.73. The third-order valence-corrected chi connectivity index (χ3v) is 7.82. The van der Waals surface area contributed by atoms with E-state index < -0.39 is 41.7 Å². The number of pyridine rings is 4. The van der Waals surface area contributed by atoms with Crippen molar-refractivity contribution in [2.24, 2.45) is 0 Å². The molecule has 0 saturated heterocycles. The Kier molecular flexibility index (Phi) is 7.85. The lowest BCUT2D eigenvalue weighted by Crippen LogP contribution is -2.69. The van der Waals surface area contributed by atoms with Gasteiger partial charge in [0, 0.05) is 54.5 Å². The van der Waals surface area contributed by atoms with Gasteiger partial charge in [0.2, 0.25) is 5.66 Å². The number of nitrogens with zero attached hydrogens (tertiary/aromatic N) is 6. The third kappa shape index (κ3) is 4.85. The van der Waals surface area contributed by atoms with Gasteiger partial charge in [-0.15, -0.1) is 0 Å². The molecule has 2 aliphatic rings. The average Bonchev–Trinajstić information content (AvgIpc) is 3.56. The molecule has 0 fully saturated rings. The zero-order valence-corrected chi connectivity index (χ0v) is 24.5. The third-order valence-electron chi connectivity index (χ3n) is 7.82. The minimum absolute atomic E-state index is 0.141. The molecule has 0 spiro atoms. The van der Waals surface area contributed by atoms with Crippen LogP contribution in [0.3, 0.4) is 0 Å². The minimum atomic E-state index is -2.67. The normalized spacial score (nSPS) is 15.0. The van der Waals surface area contributed by atoms with Crippen molar-refractivity contribution in [3.8, 4) is 22.8 Å². The number of amides is 4. The van der Waals surface area contributed by atoms with Crippen molar-refractivity contribution < 1.29 is 29.1 Å². The lowest BCUT2D eigenvalue weighted by molar-refractivity contribution is -0.182. The number of aliphatic carboxylic acids is 1. The van der Waals surface area contributed by atoms with Gasteiger partial charge < -0.3 is 5.11 Å². The summed E-state index contributed by atoms with van der Waals surface area (Å²) in [5, 5.41) is 10.8. The summed E-state index contributed by atoms with van der Waals surface area (Å²) in [6.45, 7) is 1.78. The highest BCUT2D eigenvalue weighted by molar-refractivity contribution is 6.38. The van der Waals surface area contributed by atoms with Crippen LogP contribution >= 0.6 is 0 Å². The van der Waals surface area contributed by atoms with Crippen LogP contribution in [0.5, 0.6) is 0 Å². The molecule has 0 saturated carbocycles. The second-order valence-corrected chi connectivity index (χ2v) is 10.5. The lowest BCUT2D eigenvalue weighted by Gasteiger charge is -2.42. The molecule has 0 aromatic carbocycles. The molecule has 0 radical (unpaired) electrons. The van der Waals surface area contributed by atoms with Crippen LogP contribution in [0.25, 0.3) is 33.9 Å². The smallest absolute Gasteiger partial charge is 0.351 e. The van der Waals surface area contributed by atoms with Crippen LogP contribution < -0.4 is 0 Å². The zero-order valence-electron chi connectivity index (χ0n) is 24.5. The zero-order chi connectivity index (χ0) is 32.4. The number of hydrogen-bond acceptors (Lipinski definition) is 9. The van der Waals surface area contributed by atoms with Gasteiger partial charge in [-0.05, 0) is 42.8 Å². The Hall–Kier alpha value is -6.17. The second-order valence-electron chi connectivity index (χ2n) is 10.5. The van der Waals surface area contributed by atoms with Crippen molar-refractivity contribution in [3.63, 3.8) is 0 Å². The Morgan fingerprint density at radius 3 is 1.52 bits per heavy atom. The quantitative estimate of drug-likeness (QED) is 0.260. The van der Waals surface area contributed by atoms with Crippen LogP contribution in [0.2, 0.25) is 0 Å². The summed E-state index contributed by atoms with van der Waals surface area (Å²) in [5.74, 6) is -5.66. The minimum Gasteiger partial charge on any atom is -0.478 e. The molecule has 0 unspecified atom stereocenters. The van der Waals surface area contributed by atoms with Crippen LogP contribution in [0.15, 0.2) is 97.6 Å². The average molecular weight is 615 g/mol. The number of aromatic nitrogens is 4. The van der Waals surface area contributed by atoms with Crippen LogP contribution in [0.1, 0.15) is 37.3 Å². The molecule has 4 aromatic rings. The maximum absolute atomic E-state index is 14.2. The van der Waals surface area contributed by atoms with E-state index in [0.29, 0.717) is 39.0 Å². The Balaban J connectivity index is 1.44. The standard InChI is InChI=1S/C34H26N6O6/c1-2-3-14-34(33(45)46,39-27(41)19-23(31(39)43)21-10-8-17-37-29(21)25-12-4-6-15-35-25)40-28(42)20-24(32(40)44)22-11-9-18-38-30(22)26-13-5-7-16-36-26/h4-13,15-20H,2-3,14H2,1H3,(H,45,46). The Morgan fingerprint density at radius 1 is 0.674 bits per heavy atom. The lowest BCUT2D eigenvalue weighted by atomic mass is 9.96. The van der Waals surface area contributed by atoms with Crippen molar-refractivity contribution >= 4 is 40.7 Å². The number of rotatable bonds is 10. The van der Waals surface area contributed by atoms with E-state index in [1.807, 2.05) is 0 Å². The van der Waals surface area contributed by atoms with Gasteiger partial charge in [-0.1, -0.05) is 37.6 Å². The summed E-state index contributed by atoms with van der Waals surface area (Å²) < 4.78 is 0. The molecule has 46 heavy (non-hydrogen) atoms. The van der Waals surface area contributed by atoms with Crippen molar-refractivity contribution in [3.05, 3.63) is 109 Å². The summed E-state index contributed by atoms with van der Waals surface area (Å²) in [6, 6.07) is 16.5. The fourth-order valence-corrected chi connectivity index (χ4v) is 5.73. The van der Waals surface area contributed by atoms with E-state index in [2.05, 4.69) is 19.9 Å². The molecule has 228 valence electrons. The molecule has 12 heteroatoms. The number of carbonyl (C=O) groups excluding carboxylic acids is 4. The first-order chi connectivity index (χ1) is 22.3. The molecule has 4 amide bonds. The summed E-state index contributed by atoms with van der Waals surface area (Å²) in [6.07, 6.45) is 8.34. The van der Waals surface area contributed by atoms with Gasteiger partial charge in [-0.3, -0.25) is 39.1 Å². The monoisotopic (exact) mass is 614 g/mol. The van der Waals surface area contributed by atoms with E-state index in [4.69, 9.17) is 0 Å². The molecular formula is C34H26N6O6. The van der Waals surface area contributed by atoms with Crippen LogP contribution in [-0.4, -0.2) is 70.1 Å². The van der Waals surface area contributed by atoms with Gasteiger partial charge in [0.1, 0.15) is 0 Å². The number of unbranched alkanes of at least 4 members (excludes halogenated alkanes) is 1. The molecule has 0 atom stereocenters. The number of carbonyl (C=O) groups is 5. The van der Waals surface area contributed by atoms with E-state index in [9.17, 15) is 29.1 Å². The Morgan fingerprint density at radius 2 is 1.13 bits per heavy atom. The number of carboxylic acids is 1. The summed E-state index contributed by atoms with van der Waals surface area (Å²) in [4.78, 5) is 87.6. The molecule has 0 aliphatic carbocycles. The van der Waals surface area contributed by atoms with E-state index in [0.717, 1.165) is 12.2 Å². The number of imide groups is 2. The van der Waals surface area contributed by atoms with E-state index in [1.54, 1.807) is 80.0 Å². The highest BCUT2D eigenvalue weighted by Crippen LogP contribution is 2.41. The van der Waals surface area contributed by atoms with E-state index >= 15 is 0 Å². The second kappa shape index (κ2) is 12.1. The predicted octanol–water partition coefficient (Wildman–Crippen LogP) is 3.78. The molecule has 4 aromatic heterocycles. The topological polar surface area (TPSA) is 164 Å². The Labute approximate surface area is 262 Å². The predicted molar refractivity (Wildman–Crippen MR) is 164 cm³/mol. The molecule has 2 aliphatic heterocycles. The van der Waals surface area contributed by atoms with Crippen LogP contribution in [-0.2, 0) is 24.0 Å². The van der Waals surface area contributed by atoms with Crippen LogP contribution in [0.4, 0.5) is 0 Å². The number of hydrogen-bond donors (Lipinski definition) is 1. The molecule has 6 rings (SSSR count). The Bertz CT molecular complexity index is 1830. The maximum Gasteiger partial charge on any atom is 0.351 e. The first-order valence-corrected chi connectivity index (χ1v) is 14.5. The summed E-state index contributed by atoms with van der Waals surface area (Å²) in [7, 11) is 0. The first-order valence-electron chi connectivity index (χ1n) is 14.5. The summed E-state index contributed by atoms with van der Waals surface area (Å²) in [5.41, 5.74) is -1.04. The van der Waals surface area contributed by atoms with E-state index in [-0.39, 0.29) is 28.7 Å². The molecule has 12 nitrogen and oxygen atoms in total. The molecule has 0 bridgehead atoms. The van der Waals surface area contributed by atoms with E-state index in [1.165, 1.54) is 12.4 Å². The van der Waals surface area contributed by atoms with Gasteiger partial charge in [0.25, 0.3) is 23.6 Å². The summed E-state index contributed by atoms with van der Waals surface area (Å²) >= 11 is 0. The molecule has 6 heterocycles. The van der Waals surface area contributed by atoms with Crippen molar-refractivity contribution in [1.82, 2.24) is 29.7 Å². The molecule has 1 N–H and O–H groups in total. The van der Waals surface area contributed by atoms with Gasteiger partial charge in [-0.25, -0.2) is 14.6 Å². The van der Waals surface area contributed by atoms with Gasteiger partial charge in [0.05, 0.1) is 33.9 Å². The first kappa shape index (κ1) is 29.9. The van der Waals surface area contributed by atoms with Crippen LogP contribution in [0, 0.1) is 0 Å². The van der Waals surface area contributed by atoms with Gasteiger partial charge in [0.15, 0.2) is 0 Å². The van der Waals surface area contributed by atoms with Crippen molar-refractivity contribution in [2.75, 3.05) is 0 Å². The number of carboxylic acid groups (broad SMARTS) is 1. The van der Waals surface area contributed by atoms with Crippen molar-refractivity contribution in [1.29, 1.82) is 0 Å². The highest BCUT2D eigenvalue weighted by atomic mass is 16.4. The highest BCUT2D eigenvalue weighted by Gasteiger charge is 2.61. The fraction of sp³-hybridized carbons (Fsp3) is 0.147. The molecular weight excluding hydrogens is 588 g/mol.